The van der Waals surface area contributed by atoms with Crippen molar-refractivity contribution in [2.24, 2.45) is 0 Å². The number of carbonyl (C=O) groups is 1. The number of aliphatic hydroxyl groups excluding tert-OH is 1. The van der Waals surface area contributed by atoms with Crippen LogP contribution in [0.3, 0.4) is 0 Å². The largest absolute Gasteiger partial charge is 0.393 e. The van der Waals surface area contributed by atoms with Crippen molar-refractivity contribution in [2.75, 3.05) is 19.4 Å². The minimum Gasteiger partial charge on any atom is -0.393 e. The molecule has 2 fully saturated rings. The van der Waals surface area contributed by atoms with Gasteiger partial charge in [-0.3, -0.25) is 4.79 Å². The maximum atomic E-state index is 12.9. The van der Waals surface area contributed by atoms with Gasteiger partial charge in [-0.05, 0) is 32.6 Å². The Labute approximate surface area is 129 Å². The number of anilines is 1. The average molecular weight is 306 g/mol. The van der Waals surface area contributed by atoms with Crippen LogP contribution in [0.1, 0.15) is 41.7 Å². The van der Waals surface area contributed by atoms with Gasteiger partial charge in [-0.1, -0.05) is 0 Å². The number of fused-ring (bicyclic) bond motifs is 1. The molecular formula is C15H22N4O3. The lowest BCUT2D eigenvalue weighted by Gasteiger charge is -2.42. The SMILES string of the molecule is CO[C@@]12CC[C@@H](O)C[C@@H]1N(C(=O)c1cnc(N)nc1C)CC2. The molecule has 1 aromatic rings. The molecule has 1 aromatic heterocycles. The lowest BCUT2D eigenvalue weighted by atomic mass is 9.79. The van der Waals surface area contributed by atoms with E-state index < -0.39 is 0 Å². The fourth-order valence-electron chi connectivity index (χ4n) is 3.77. The Morgan fingerprint density at radius 3 is 3.00 bits per heavy atom. The van der Waals surface area contributed by atoms with Gasteiger partial charge in [0.05, 0.1) is 29.0 Å². The number of aromatic nitrogens is 2. The molecule has 0 radical (unpaired) electrons. The van der Waals surface area contributed by atoms with Crippen LogP contribution >= 0.6 is 0 Å². The quantitative estimate of drug-likeness (QED) is 0.825. The van der Waals surface area contributed by atoms with Crippen molar-refractivity contribution in [3.8, 4) is 0 Å². The summed E-state index contributed by atoms with van der Waals surface area (Å²) in [5.41, 5.74) is 6.24. The van der Waals surface area contributed by atoms with Crippen LogP contribution in [0, 0.1) is 6.92 Å². The van der Waals surface area contributed by atoms with Crippen LogP contribution in [0.5, 0.6) is 0 Å². The molecule has 0 spiro atoms. The van der Waals surface area contributed by atoms with E-state index in [4.69, 9.17) is 10.5 Å². The number of nitrogens with two attached hydrogens (primary N) is 1. The lowest BCUT2D eigenvalue weighted by Crippen LogP contribution is -2.52. The van der Waals surface area contributed by atoms with Crippen LogP contribution in [0.2, 0.25) is 0 Å². The molecule has 1 amide bonds. The number of nitrogen functional groups attached to an aromatic ring is 1. The predicted octanol–water partition coefficient (Wildman–Crippen LogP) is 0.512. The molecule has 1 saturated carbocycles. The molecule has 0 bridgehead atoms. The third-order valence-corrected chi connectivity index (χ3v) is 5.05. The van der Waals surface area contributed by atoms with Gasteiger partial charge in [0.25, 0.3) is 5.91 Å². The van der Waals surface area contributed by atoms with E-state index in [-0.39, 0.29) is 29.6 Å². The van der Waals surface area contributed by atoms with Crippen LogP contribution in [0.25, 0.3) is 0 Å². The van der Waals surface area contributed by atoms with E-state index in [9.17, 15) is 9.90 Å². The Kier molecular flexibility index (Phi) is 3.78. The first-order chi connectivity index (χ1) is 10.5. The second-order valence-corrected chi connectivity index (χ2v) is 6.19. The fourth-order valence-corrected chi connectivity index (χ4v) is 3.77. The highest BCUT2D eigenvalue weighted by molar-refractivity contribution is 5.95. The van der Waals surface area contributed by atoms with Gasteiger partial charge < -0.3 is 20.5 Å². The van der Waals surface area contributed by atoms with E-state index in [0.29, 0.717) is 24.2 Å². The minimum atomic E-state index is -0.384. The van der Waals surface area contributed by atoms with Crippen molar-refractivity contribution in [2.45, 2.75) is 50.4 Å². The molecule has 3 atom stereocenters. The maximum Gasteiger partial charge on any atom is 0.257 e. The number of methoxy groups -OCH3 is 1. The van der Waals surface area contributed by atoms with E-state index in [1.54, 1.807) is 18.9 Å². The number of aryl methyl sites for hydroxylation is 1. The number of nitrogens with zero attached hydrogens (tertiary/aromatic N) is 3. The van der Waals surface area contributed by atoms with E-state index in [0.717, 1.165) is 19.3 Å². The molecule has 120 valence electrons. The van der Waals surface area contributed by atoms with E-state index in [1.165, 1.54) is 6.20 Å². The zero-order valence-corrected chi connectivity index (χ0v) is 13.0. The molecule has 3 N–H and O–H groups in total. The van der Waals surface area contributed by atoms with Gasteiger partial charge in [0, 0.05) is 19.9 Å². The number of rotatable bonds is 2. The third-order valence-electron chi connectivity index (χ3n) is 5.05. The summed E-state index contributed by atoms with van der Waals surface area (Å²) in [6.45, 7) is 2.37. The van der Waals surface area contributed by atoms with Crippen LogP contribution in [-0.4, -0.2) is 57.3 Å². The molecule has 0 unspecified atom stereocenters. The van der Waals surface area contributed by atoms with Crippen molar-refractivity contribution in [3.05, 3.63) is 17.5 Å². The average Bonchev–Trinajstić information content (AvgIpc) is 2.86. The molecule has 2 heterocycles. The molecule has 1 saturated heterocycles. The molecule has 2 aliphatic rings. The van der Waals surface area contributed by atoms with Crippen molar-refractivity contribution in [1.82, 2.24) is 14.9 Å². The van der Waals surface area contributed by atoms with Gasteiger partial charge >= 0.3 is 0 Å². The normalized spacial score (nSPS) is 31.1. The Bertz CT molecular complexity index is 594. The zero-order valence-electron chi connectivity index (χ0n) is 13.0. The summed E-state index contributed by atoms with van der Waals surface area (Å²) in [4.78, 5) is 22.7. The summed E-state index contributed by atoms with van der Waals surface area (Å²) in [6.07, 6.45) is 3.93. The molecule has 1 aliphatic heterocycles. The van der Waals surface area contributed by atoms with E-state index in [2.05, 4.69) is 9.97 Å². The summed E-state index contributed by atoms with van der Waals surface area (Å²) in [5, 5.41) is 9.99. The van der Waals surface area contributed by atoms with E-state index >= 15 is 0 Å². The standard InChI is InChI=1S/C15H22N4O3/c1-9-11(8-17-14(16)18-9)13(21)19-6-5-15(22-2)4-3-10(20)7-12(15)19/h8,10,12,20H,3-7H2,1-2H3,(H2,16,17,18)/t10-,12+,15-/m1/s1. The van der Waals surface area contributed by atoms with Gasteiger partial charge in [-0.25, -0.2) is 9.97 Å². The lowest BCUT2D eigenvalue weighted by molar-refractivity contribution is -0.0824. The summed E-state index contributed by atoms with van der Waals surface area (Å²) in [5.74, 6) is 0.0466. The second kappa shape index (κ2) is 5.48. The first-order valence-corrected chi connectivity index (χ1v) is 7.60. The van der Waals surface area contributed by atoms with Crippen LogP contribution in [-0.2, 0) is 4.74 Å². The molecule has 3 rings (SSSR count). The number of hydrogen-bond donors (Lipinski definition) is 2. The Balaban J connectivity index is 1.89. The number of likely N-dealkylation sites (tertiary alicyclic amines) is 1. The summed E-state index contributed by atoms with van der Waals surface area (Å²) in [7, 11) is 1.69. The van der Waals surface area contributed by atoms with Crippen molar-refractivity contribution in [3.63, 3.8) is 0 Å². The highest BCUT2D eigenvalue weighted by atomic mass is 16.5. The molecule has 7 heteroatoms. The highest BCUT2D eigenvalue weighted by Crippen LogP contribution is 2.42. The first kappa shape index (κ1) is 15.2. The topological polar surface area (TPSA) is 102 Å². The number of amides is 1. The third kappa shape index (κ3) is 2.34. The first-order valence-electron chi connectivity index (χ1n) is 7.60. The van der Waals surface area contributed by atoms with Crippen LogP contribution in [0.4, 0.5) is 5.95 Å². The molecule has 1 aliphatic carbocycles. The summed E-state index contributed by atoms with van der Waals surface area (Å²) in [6, 6.07) is -0.106. The predicted molar refractivity (Wildman–Crippen MR) is 80.2 cm³/mol. The van der Waals surface area contributed by atoms with Crippen LogP contribution in [0.15, 0.2) is 6.20 Å². The van der Waals surface area contributed by atoms with Crippen molar-refractivity contribution < 1.29 is 14.6 Å². The Morgan fingerprint density at radius 2 is 2.32 bits per heavy atom. The number of ether oxygens (including phenoxy) is 1. The molecular weight excluding hydrogens is 284 g/mol. The maximum absolute atomic E-state index is 12.9. The van der Waals surface area contributed by atoms with E-state index in [1.807, 2.05) is 0 Å². The van der Waals surface area contributed by atoms with Crippen LogP contribution < -0.4 is 5.73 Å². The monoisotopic (exact) mass is 306 g/mol. The van der Waals surface area contributed by atoms with Gasteiger partial charge in [-0.2, -0.15) is 0 Å². The Morgan fingerprint density at radius 1 is 1.55 bits per heavy atom. The van der Waals surface area contributed by atoms with Crippen molar-refractivity contribution >= 4 is 11.9 Å². The van der Waals surface area contributed by atoms with Gasteiger partial charge in [0.1, 0.15) is 0 Å². The summed E-state index contributed by atoms with van der Waals surface area (Å²) >= 11 is 0. The fraction of sp³-hybridized carbons (Fsp3) is 0.667. The number of hydrogen-bond acceptors (Lipinski definition) is 6. The smallest absolute Gasteiger partial charge is 0.257 e. The molecule has 0 aromatic carbocycles. The Hall–Kier alpha value is -1.73. The summed E-state index contributed by atoms with van der Waals surface area (Å²) < 4.78 is 5.76. The zero-order chi connectivity index (χ0) is 15.9. The van der Waals surface area contributed by atoms with Gasteiger partial charge in [0.2, 0.25) is 5.95 Å². The molecule has 7 nitrogen and oxygen atoms in total. The number of aliphatic hydroxyl groups is 1. The minimum absolute atomic E-state index is 0.106. The van der Waals surface area contributed by atoms with Crippen molar-refractivity contribution in [1.29, 1.82) is 0 Å². The highest BCUT2D eigenvalue weighted by Gasteiger charge is 2.52. The second-order valence-electron chi connectivity index (χ2n) is 6.19. The molecule has 22 heavy (non-hydrogen) atoms. The van der Waals surface area contributed by atoms with Gasteiger partial charge in [-0.15, -0.1) is 0 Å². The number of carbonyl (C=O) groups excluding carboxylic acids is 1. The van der Waals surface area contributed by atoms with Gasteiger partial charge in [0.15, 0.2) is 0 Å².